The molecule has 0 aliphatic rings. The topological polar surface area (TPSA) is 0 Å². The fraction of sp³-hybridized carbons (Fsp3) is 0.533. The SMILES string of the molecule is [CH2]CCCCCCCCc1ccc(Cl)cc1. The molecule has 1 rings (SSSR count). The van der Waals surface area contributed by atoms with E-state index in [-0.39, 0.29) is 0 Å². The Morgan fingerprint density at radius 3 is 2.00 bits per heavy atom. The molecule has 0 N–H and O–H groups in total. The third kappa shape index (κ3) is 6.17. The Hall–Kier alpha value is -0.490. The lowest BCUT2D eigenvalue weighted by Gasteiger charge is -2.02. The average molecular weight is 238 g/mol. The third-order valence-electron chi connectivity index (χ3n) is 2.88. The third-order valence-corrected chi connectivity index (χ3v) is 3.13. The Kier molecular flexibility index (Phi) is 7.33. The van der Waals surface area contributed by atoms with Crippen molar-refractivity contribution in [2.45, 2.75) is 51.4 Å². The minimum absolute atomic E-state index is 0.830. The Morgan fingerprint density at radius 1 is 0.812 bits per heavy atom. The minimum Gasteiger partial charge on any atom is -0.0843 e. The molecule has 0 unspecified atom stereocenters. The molecule has 16 heavy (non-hydrogen) atoms. The summed E-state index contributed by atoms with van der Waals surface area (Å²) in [5.41, 5.74) is 1.40. The van der Waals surface area contributed by atoms with Gasteiger partial charge >= 0.3 is 0 Å². The van der Waals surface area contributed by atoms with Crippen LogP contribution in [0, 0.1) is 6.92 Å². The molecule has 0 nitrogen and oxygen atoms in total. The van der Waals surface area contributed by atoms with Crippen LogP contribution >= 0.6 is 11.6 Å². The van der Waals surface area contributed by atoms with E-state index < -0.39 is 0 Å². The number of hydrogen-bond donors (Lipinski definition) is 0. The van der Waals surface area contributed by atoms with E-state index >= 15 is 0 Å². The van der Waals surface area contributed by atoms with Crippen LogP contribution in [0.3, 0.4) is 0 Å². The molecule has 0 amide bonds. The molecule has 0 saturated carbocycles. The fourth-order valence-corrected chi connectivity index (χ4v) is 1.99. The Morgan fingerprint density at radius 2 is 1.38 bits per heavy atom. The minimum atomic E-state index is 0.830. The van der Waals surface area contributed by atoms with E-state index in [0.29, 0.717) is 0 Å². The zero-order valence-electron chi connectivity index (χ0n) is 10.1. The van der Waals surface area contributed by atoms with E-state index in [2.05, 4.69) is 19.1 Å². The zero-order chi connectivity index (χ0) is 11.6. The maximum absolute atomic E-state index is 5.84. The molecule has 1 radical (unpaired) electrons. The second-order valence-electron chi connectivity index (χ2n) is 4.35. The molecule has 89 valence electrons. The van der Waals surface area contributed by atoms with E-state index in [1.807, 2.05) is 12.1 Å². The van der Waals surface area contributed by atoms with Crippen LogP contribution in [0.4, 0.5) is 0 Å². The van der Waals surface area contributed by atoms with Gasteiger partial charge in [-0.15, -0.1) is 0 Å². The molecule has 0 spiro atoms. The second kappa shape index (κ2) is 8.64. The first-order valence-corrected chi connectivity index (χ1v) is 6.74. The Bertz CT molecular complexity index is 263. The van der Waals surface area contributed by atoms with Crippen molar-refractivity contribution in [1.82, 2.24) is 0 Å². The van der Waals surface area contributed by atoms with Crippen molar-refractivity contribution < 1.29 is 0 Å². The van der Waals surface area contributed by atoms with Crippen molar-refractivity contribution in [3.63, 3.8) is 0 Å². The van der Waals surface area contributed by atoms with Gasteiger partial charge in [0.2, 0.25) is 0 Å². The number of aryl methyl sites for hydroxylation is 1. The maximum atomic E-state index is 5.84. The van der Waals surface area contributed by atoms with Gasteiger partial charge in [-0.1, -0.05) is 69.2 Å². The lowest BCUT2D eigenvalue weighted by atomic mass is 10.0. The fourth-order valence-electron chi connectivity index (χ4n) is 1.86. The summed E-state index contributed by atoms with van der Waals surface area (Å²) in [6, 6.07) is 8.21. The van der Waals surface area contributed by atoms with Gasteiger partial charge in [-0.2, -0.15) is 0 Å². The largest absolute Gasteiger partial charge is 0.0843 e. The van der Waals surface area contributed by atoms with Gasteiger partial charge in [-0.3, -0.25) is 0 Å². The van der Waals surface area contributed by atoms with Crippen LogP contribution in [0.15, 0.2) is 24.3 Å². The van der Waals surface area contributed by atoms with Crippen molar-refractivity contribution in [2.24, 2.45) is 0 Å². The Balaban J connectivity index is 2.01. The molecule has 0 heterocycles. The number of halogens is 1. The monoisotopic (exact) mass is 237 g/mol. The normalized spacial score (nSPS) is 10.6. The van der Waals surface area contributed by atoms with Gasteiger partial charge in [-0.25, -0.2) is 0 Å². The summed E-state index contributed by atoms with van der Waals surface area (Å²) in [6.45, 7) is 3.86. The smallest absolute Gasteiger partial charge is 0.0406 e. The molecule has 0 aliphatic heterocycles. The highest BCUT2D eigenvalue weighted by Crippen LogP contribution is 2.13. The van der Waals surface area contributed by atoms with Crippen molar-refractivity contribution >= 4 is 11.6 Å². The van der Waals surface area contributed by atoms with Crippen LogP contribution in [-0.2, 0) is 6.42 Å². The van der Waals surface area contributed by atoms with Crippen LogP contribution in [0.1, 0.15) is 50.5 Å². The van der Waals surface area contributed by atoms with Gasteiger partial charge in [0.1, 0.15) is 0 Å². The van der Waals surface area contributed by atoms with Gasteiger partial charge in [-0.05, 0) is 30.5 Å². The van der Waals surface area contributed by atoms with Crippen LogP contribution in [0.5, 0.6) is 0 Å². The molecule has 0 fully saturated rings. The quantitative estimate of drug-likeness (QED) is 0.528. The first-order chi connectivity index (χ1) is 7.83. The predicted molar refractivity (Wildman–Crippen MR) is 72.8 cm³/mol. The molecule has 1 aromatic carbocycles. The van der Waals surface area contributed by atoms with Gasteiger partial charge in [0, 0.05) is 5.02 Å². The molecule has 0 saturated heterocycles. The van der Waals surface area contributed by atoms with E-state index in [4.69, 9.17) is 11.6 Å². The number of hydrogen-bond acceptors (Lipinski definition) is 0. The summed E-state index contributed by atoms with van der Waals surface area (Å²) in [5.74, 6) is 0. The molecule has 0 aromatic heterocycles. The molecule has 0 bridgehead atoms. The standard InChI is InChI=1S/C15H22Cl/c1-2-3-4-5-6-7-8-9-14-10-12-15(16)13-11-14/h10-13H,1-9H2. The summed E-state index contributed by atoms with van der Waals surface area (Å²) in [7, 11) is 0. The van der Waals surface area contributed by atoms with E-state index in [1.165, 1.54) is 50.5 Å². The van der Waals surface area contributed by atoms with Crippen molar-refractivity contribution in [3.8, 4) is 0 Å². The van der Waals surface area contributed by atoms with Crippen molar-refractivity contribution in [1.29, 1.82) is 0 Å². The molecular formula is C15H22Cl. The molecule has 0 aliphatic carbocycles. The van der Waals surface area contributed by atoms with E-state index in [0.717, 1.165) is 11.4 Å². The van der Waals surface area contributed by atoms with E-state index in [9.17, 15) is 0 Å². The summed E-state index contributed by atoms with van der Waals surface area (Å²) in [6.07, 6.45) is 10.3. The summed E-state index contributed by atoms with van der Waals surface area (Å²) in [4.78, 5) is 0. The van der Waals surface area contributed by atoms with Crippen LogP contribution in [-0.4, -0.2) is 0 Å². The second-order valence-corrected chi connectivity index (χ2v) is 4.79. The Labute approximate surface area is 105 Å². The van der Waals surface area contributed by atoms with E-state index in [1.54, 1.807) is 0 Å². The van der Waals surface area contributed by atoms with Gasteiger partial charge in [0.15, 0.2) is 0 Å². The molecule has 0 atom stereocenters. The first kappa shape index (κ1) is 13.6. The number of rotatable bonds is 8. The summed E-state index contributed by atoms with van der Waals surface area (Å²) in [5, 5.41) is 0.830. The van der Waals surface area contributed by atoms with Gasteiger partial charge in [0.25, 0.3) is 0 Å². The maximum Gasteiger partial charge on any atom is 0.0406 e. The van der Waals surface area contributed by atoms with Gasteiger partial charge < -0.3 is 0 Å². The van der Waals surface area contributed by atoms with Crippen LogP contribution in [0.25, 0.3) is 0 Å². The average Bonchev–Trinajstić information content (AvgIpc) is 2.30. The molecular weight excluding hydrogens is 216 g/mol. The van der Waals surface area contributed by atoms with Crippen molar-refractivity contribution in [3.05, 3.63) is 41.8 Å². The zero-order valence-corrected chi connectivity index (χ0v) is 10.8. The van der Waals surface area contributed by atoms with Gasteiger partial charge in [0.05, 0.1) is 0 Å². The van der Waals surface area contributed by atoms with Crippen LogP contribution in [0.2, 0.25) is 5.02 Å². The highest BCUT2D eigenvalue weighted by Gasteiger charge is 1.94. The highest BCUT2D eigenvalue weighted by atomic mass is 35.5. The molecule has 1 heteroatoms. The number of unbranched alkanes of at least 4 members (excludes halogenated alkanes) is 6. The highest BCUT2D eigenvalue weighted by molar-refractivity contribution is 6.30. The van der Waals surface area contributed by atoms with Crippen LogP contribution < -0.4 is 0 Å². The summed E-state index contributed by atoms with van der Waals surface area (Å²) >= 11 is 5.84. The summed E-state index contributed by atoms with van der Waals surface area (Å²) < 4.78 is 0. The first-order valence-electron chi connectivity index (χ1n) is 6.36. The lowest BCUT2D eigenvalue weighted by molar-refractivity contribution is 0.596. The van der Waals surface area contributed by atoms with Crippen molar-refractivity contribution in [2.75, 3.05) is 0 Å². The molecule has 1 aromatic rings. The number of benzene rings is 1. The lowest BCUT2D eigenvalue weighted by Crippen LogP contribution is -1.86. The predicted octanol–water partition coefficient (Wildman–Crippen LogP) is 5.45.